The average molecular weight is 465 g/mol. The Labute approximate surface area is 193 Å². The number of carbonyl (C=O) groups is 3. The SMILES string of the molecule is C[C@@H]1C/C=C/CC/C=C/C(=O)Cc2c(Cl)c(OCC(=O)OC(C)(C)C)cc(O)c2C(=O)O1. The molecular formula is C24H29ClO7. The molecule has 0 aromatic heterocycles. The number of ether oxygens (including phenoxy) is 3. The van der Waals surface area contributed by atoms with Crippen molar-refractivity contribution in [3.63, 3.8) is 0 Å². The van der Waals surface area contributed by atoms with Crippen LogP contribution in [0.1, 0.15) is 62.9 Å². The molecule has 1 aliphatic heterocycles. The second-order valence-electron chi connectivity index (χ2n) is 8.48. The summed E-state index contributed by atoms with van der Waals surface area (Å²) in [5, 5.41) is 10.5. The van der Waals surface area contributed by atoms with Gasteiger partial charge in [0.1, 0.15) is 28.8 Å². The van der Waals surface area contributed by atoms with Gasteiger partial charge in [-0.2, -0.15) is 0 Å². The van der Waals surface area contributed by atoms with E-state index >= 15 is 0 Å². The molecule has 1 aromatic rings. The lowest BCUT2D eigenvalue weighted by Gasteiger charge is -2.20. The van der Waals surface area contributed by atoms with Crippen molar-refractivity contribution in [1.82, 2.24) is 0 Å². The van der Waals surface area contributed by atoms with Gasteiger partial charge >= 0.3 is 11.9 Å². The van der Waals surface area contributed by atoms with Crippen LogP contribution in [-0.2, 0) is 25.5 Å². The summed E-state index contributed by atoms with van der Waals surface area (Å²) < 4.78 is 16.1. The Bertz CT molecular complexity index is 925. The van der Waals surface area contributed by atoms with Gasteiger partial charge in [0.15, 0.2) is 12.4 Å². The third-order valence-electron chi connectivity index (χ3n) is 4.37. The molecule has 0 bridgehead atoms. The molecule has 2 rings (SSSR count). The van der Waals surface area contributed by atoms with Crippen molar-refractivity contribution in [2.24, 2.45) is 0 Å². The van der Waals surface area contributed by atoms with Crippen molar-refractivity contribution in [3.05, 3.63) is 46.5 Å². The number of allylic oxidation sites excluding steroid dienone is 3. The third-order valence-corrected chi connectivity index (χ3v) is 4.79. The Hall–Kier alpha value is -2.80. The number of fused-ring (bicyclic) bond motifs is 1. The topological polar surface area (TPSA) is 99.1 Å². The molecule has 1 heterocycles. The van der Waals surface area contributed by atoms with E-state index in [1.54, 1.807) is 33.8 Å². The lowest BCUT2D eigenvalue weighted by atomic mass is 9.99. The van der Waals surface area contributed by atoms with E-state index in [1.807, 2.05) is 12.2 Å². The standard InChI is InChI=1S/C24H29ClO7/c1-15-10-8-6-5-7-9-11-16(26)12-17-21(23(29)31-15)18(27)13-19(22(17)25)30-14-20(28)32-24(2,3)4/h6,8-9,11,13,15,27H,5,7,10,12,14H2,1-4H3/b8-6+,11-9+/t15-/m1/s1. The fourth-order valence-electron chi connectivity index (χ4n) is 3.02. The van der Waals surface area contributed by atoms with E-state index in [9.17, 15) is 19.5 Å². The zero-order chi connectivity index (χ0) is 23.9. The molecule has 0 saturated carbocycles. The number of halogens is 1. The number of phenols is 1. The third kappa shape index (κ3) is 7.71. The second-order valence-corrected chi connectivity index (χ2v) is 8.86. The number of phenolic OH excluding ortho intramolecular Hbond substituents is 1. The van der Waals surface area contributed by atoms with E-state index in [1.165, 1.54) is 6.08 Å². The monoisotopic (exact) mass is 464 g/mol. The summed E-state index contributed by atoms with van der Waals surface area (Å²) in [7, 11) is 0. The minimum atomic E-state index is -0.798. The van der Waals surface area contributed by atoms with Crippen LogP contribution in [0.4, 0.5) is 0 Å². The average Bonchev–Trinajstić information content (AvgIpc) is 2.66. The fraction of sp³-hybridized carbons (Fsp3) is 0.458. The lowest BCUT2D eigenvalue weighted by Crippen LogP contribution is -2.27. The molecule has 0 unspecified atom stereocenters. The molecule has 1 aliphatic rings. The smallest absolute Gasteiger partial charge is 0.344 e. The Morgan fingerprint density at radius 2 is 1.91 bits per heavy atom. The number of hydrogen-bond donors (Lipinski definition) is 1. The molecule has 7 nitrogen and oxygen atoms in total. The van der Waals surface area contributed by atoms with E-state index < -0.39 is 36.0 Å². The highest BCUT2D eigenvalue weighted by Crippen LogP contribution is 2.38. The van der Waals surface area contributed by atoms with Gasteiger partial charge in [0.2, 0.25) is 0 Å². The molecule has 0 fully saturated rings. The molecule has 1 aromatic carbocycles. The summed E-state index contributed by atoms with van der Waals surface area (Å²) in [5.74, 6) is -2.24. The van der Waals surface area contributed by atoms with Crippen molar-refractivity contribution in [1.29, 1.82) is 0 Å². The maximum absolute atomic E-state index is 12.8. The van der Waals surface area contributed by atoms with Crippen LogP contribution >= 0.6 is 11.6 Å². The largest absolute Gasteiger partial charge is 0.507 e. The summed E-state index contributed by atoms with van der Waals surface area (Å²) in [6, 6.07) is 1.13. The van der Waals surface area contributed by atoms with Crippen LogP contribution < -0.4 is 4.74 Å². The lowest BCUT2D eigenvalue weighted by molar-refractivity contribution is -0.157. The maximum Gasteiger partial charge on any atom is 0.344 e. The van der Waals surface area contributed by atoms with Gasteiger partial charge in [-0.05, 0) is 46.6 Å². The van der Waals surface area contributed by atoms with Crippen LogP contribution in [0, 0.1) is 0 Å². The first kappa shape index (κ1) is 25.5. The molecule has 0 amide bonds. The number of rotatable bonds is 3. The predicted molar refractivity (Wildman–Crippen MR) is 120 cm³/mol. The van der Waals surface area contributed by atoms with Crippen molar-refractivity contribution in [2.45, 2.75) is 65.1 Å². The molecule has 0 saturated heterocycles. The molecule has 1 atom stereocenters. The zero-order valence-corrected chi connectivity index (χ0v) is 19.5. The molecular weight excluding hydrogens is 436 g/mol. The van der Waals surface area contributed by atoms with Gasteiger partial charge in [0, 0.05) is 24.5 Å². The van der Waals surface area contributed by atoms with Crippen LogP contribution in [0.5, 0.6) is 11.5 Å². The molecule has 0 aliphatic carbocycles. The highest BCUT2D eigenvalue weighted by Gasteiger charge is 2.27. The van der Waals surface area contributed by atoms with Gasteiger partial charge in [-0.15, -0.1) is 0 Å². The highest BCUT2D eigenvalue weighted by molar-refractivity contribution is 6.33. The van der Waals surface area contributed by atoms with E-state index in [4.69, 9.17) is 25.8 Å². The van der Waals surface area contributed by atoms with Crippen LogP contribution in [-0.4, -0.2) is 41.1 Å². The quantitative estimate of drug-likeness (QED) is 0.510. The van der Waals surface area contributed by atoms with E-state index in [0.717, 1.165) is 12.5 Å². The van der Waals surface area contributed by atoms with Crippen LogP contribution in [0.2, 0.25) is 5.02 Å². The fourth-order valence-corrected chi connectivity index (χ4v) is 3.29. The number of carbonyl (C=O) groups excluding carboxylic acids is 3. The summed E-state index contributed by atoms with van der Waals surface area (Å²) in [6.07, 6.45) is 8.28. The number of cyclic esters (lactones) is 1. The van der Waals surface area contributed by atoms with Crippen molar-refractivity contribution >= 4 is 29.3 Å². The van der Waals surface area contributed by atoms with Gasteiger partial charge in [-0.25, -0.2) is 9.59 Å². The first-order valence-corrected chi connectivity index (χ1v) is 10.8. The van der Waals surface area contributed by atoms with Gasteiger partial charge in [-0.3, -0.25) is 4.79 Å². The number of aromatic hydroxyl groups is 1. The molecule has 0 radical (unpaired) electrons. The zero-order valence-electron chi connectivity index (χ0n) is 18.8. The van der Waals surface area contributed by atoms with Crippen LogP contribution in [0.3, 0.4) is 0 Å². The molecule has 1 N–H and O–H groups in total. The Kier molecular flexibility index (Phi) is 8.89. The molecule has 32 heavy (non-hydrogen) atoms. The molecule has 0 spiro atoms. The van der Waals surface area contributed by atoms with Gasteiger partial charge in [0.25, 0.3) is 0 Å². The molecule has 174 valence electrons. The first-order valence-electron chi connectivity index (χ1n) is 10.4. The van der Waals surface area contributed by atoms with Gasteiger partial charge in [0.05, 0.1) is 5.02 Å². The maximum atomic E-state index is 12.8. The van der Waals surface area contributed by atoms with E-state index in [2.05, 4.69) is 0 Å². The minimum Gasteiger partial charge on any atom is -0.507 e. The van der Waals surface area contributed by atoms with Crippen molar-refractivity contribution in [3.8, 4) is 11.5 Å². The summed E-state index contributed by atoms with van der Waals surface area (Å²) in [4.78, 5) is 37.2. The highest BCUT2D eigenvalue weighted by atomic mass is 35.5. The van der Waals surface area contributed by atoms with Crippen molar-refractivity contribution < 1.29 is 33.7 Å². The summed E-state index contributed by atoms with van der Waals surface area (Å²) >= 11 is 6.45. The van der Waals surface area contributed by atoms with Crippen molar-refractivity contribution in [2.75, 3.05) is 6.61 Å². The van der Waals surface area contributed by atoms with Crippen LogP contribution in [0.15, 0.2) is 30.4 Å². The number of ketones is 1. The summed E-state index contributed by atoms with van der Waals surface area (Å²) in [5.41, 5.74) is -0.821. The Morgan fingerprint density at radius 1 is 1.22 bits per heavy atom. The number of hydrogen-bond acceptors (Lipinski definition) is 7. The van der Waals surface area contributed by atoms with Gasteiger partial charge in [-0.1, -0.05) is 29.8 Å². The normalized spacial score (nSPS) is 19.8. The Balaban J connectivity index is 2.40. The summed E-state index contributed by atoms with van der Waals surface area (Å²) in [6.45, 7) is 6.43. The minimum absolute atomic E-state index is 0.0459. The first-order chi connectivity index (χ1) is 15.0. The van der Waals surface area contributed by atoms with E-state index in [-0.39, 0.29) is 34.1 Å². The second kappa shape index (κ2) is 11.2. The number of benzene rings is 1. The Morgan fingerprint density at radius 3 is 2.59 bits per heavy atom. The van der Waals surface area contributed by atoms with Crippen LogP contribution in [0.25, 0.3) is 0 Å². The molecule has 8 heteroatoms. The number of esters is 2. The van der Waals surface area contributed by atoms with Gasteiger partial charge < -0.3 is 19.3 Å². The van der Waals surface area contributed by atoms with E-state index in [0.29, 0.717) is 12.8 Å². The predicted octanol–water partition coefficient (Wildman–Crippen LogP) is 4.72.